The Balaban J connectivity index is 1.39. The van der Waals surface area contributed by atoms with Gasteiger partial charge in [-0.25, -0.2) is 0 Å². The standard InChI is InChI=1S/C32H35F3O5S/c33-32(34,35)30(36)19-12-25-10-15-27(16-11-25)39-21-5-22-40-28-17-13-26(14-18-28)29(41-23-20-31(37)38)9-4-8-24-6-2-1-3-7-24/h1-3,6-7,10-11,13-18,29H,4-5,8-9,12,19-23H2,(H,37,38). The van der Waals surface area contributed by atoms with Gasteiger partial charge in [-0.3, -0.25) is 9.59 Å². The molecule has 220 valence electrons. The van der Waals surface area contributed by atoms with Crippen LogP contribution in [0.5, 0.6) is 11.5 Å². The Morgan fingerprint density at radius 3 is 1.93 bits per heavy atom. The van der Waals surface area contributed by atoms with E-state index in [1.807, 2.05) is 42.5 Å². The van der Waals surface area contributed by atoms with Gasteiger partial charge in [0.25, 0.3) is 0 Å². The lowest BCUT2D eigenvalue weighted by Gasteiger charge is -2.17. The quantitative estimate of drug-likeness (QED) is 0.153. The molecule has 0 bridgehead atoms. The lowest BCUT2D eigenvalue weighted by Crippen LogP contribution is -2.22. The normalized spacial score (nSPS) is 12.1. The van der Waals surface area contributed by atoms with Gasteiger partial charge >= 0.3 is 12.1 Å². The molecule has 1 N–H and O–H groups in total. The van der Waals surface area contributed by atoms with E-state index in [2.05, 4.69) is 12.1 Å². The summed E-state index contributed by atoms with van der Waals surface area (Å²) in [6, 6.07) is 24.9. The van der Waals surface area contributed by atoms with Gasteiger partial charge in [0.15, 0.2) is 0 Å². The molecule has 0 aliphatic carbocycles. The Morgan fingerprint density at radius 1 is 0.756 bits per heavy atom. The Bertz CT molecular complexity index is 1200. The Morgan fingerprint density at radius 2 is 1.34 bits per heavy atom. The lowest BCUT2D eigenvalue weighted by atomic mass is 10.0. The SMILES string of the molecule is O=C(O)CCSC(CCCc1ccccc1)c1ccc(OCCCOc2ccc(CCC(=O)C(F)(F)F)cc2)cc1. The predicted molar refractivity (Wildman–Crippen MR) is 155 cm³/mol. The number of carbonyl (C=O) groups is 2. The summed E-state index contributed by atoms with van der Waals surface area (Å²) in [5.74, 6) is -0.614. The van der Waals surface area contributed by atoms with Crippen LogP contribution in [0.3, 0.4) is 0 Å². The van der Waals surface area contributed by atoms with E-state index in [0.29, 0.717) is 36.7 Å². The van der Waals surface area contributed by atoms with Gasteiger partial charge in [-0.05, 0) is 66.6 Å². The lowest BCUT2D eigenvalue weighted by molar-refractivity contribution is -0.171. The van der Waals surface area contributed by atoms with E-state index in [0.717, 1.165) is 30.6 Å². The molecular formula is C32H35F3O5S. The van der Waals surface area contributed by atoms with Crippen LogP contribution in [0.4, 0.5) is 13.2 Å². The Hall–Kier alpha value is -3.46. The van der Waals surface area contributed by atoms with Crippen LogP contribution in [0.2, 0.25) is 0 Å². The number of carboxylic acid groups (broad SMARTS) is 1. The molecule has 0 amide bonds. The molecule has 0 spiro atoms. The van der Waals surface area contributed by atoms with Crippen LogP contribution in [-0.2, 0) is 22.4 Å². The fourth-order valence-corrected chi connectivity index (χ4v) is 5.40. The first-order chi connectivity index (χ1) is 19.7. The van der Waals surface area contributed by atoms with Crippen LogP contribution in [0.25, 0.3) is 0 Å². The molecule has 1 atom stereocenters. The van der Waals surface area contributed by atoms with Gasteiger partial charge in [0.2, 0.25) is 5.78 Å². The third kappa shape index (κ3) is 12.3. The van der Waals surface area contributed by atoms with E-state index in [1.165, 1.54) is 5.56 Å². The maximum absolute atomic E-state index is 12.3. The number of rotatable bonds is 18. The van der Waals surface area contributed by atoms with Gasteiger partial charge in [-0.1, -0.05) is 54.6 Å². The summed E-state index contributed by atoms with van der Waals surface area (Å²) in [4.78, 5) is 22.0. The molecule has 0 aromatic heterocycles. The van der Waals surface area contributed by atoms with Gasteiger partial charge in [0.1, 0.15) is 11.5 Å². The second kappa shape index (κ2) is 16.7. The van der Waals surface area contributed by atoms with Crippen molar-refractivity contribution >= 4 is 23.5 Å². The molecule has 41 heavy (non-hydrogen) atoms. The van der Waals surface area contributed by atoms with Gasteiger partial charge in [-0.15, -0.1) is 0 Å². The number of aryl methyl sites for hydroxylation is 2. The number of carboxylic acids is 1. The molecule has 0 aliphatic rings. The molecule has 0 radical (unpaired) electrons. The Labute approximate surface area is 243 Å². The van der Waals surface area contributed by atoms with E-state index < -0.39 is 24.3 Å². The summed E-state index contributed by atoms with van der Waals surface area (Å²) in [6.07, 6.45) is -1.63. The van der Waals surface area contributed by atoms with Gasteiger partial charge in [0.05, 0.1) is 19.6 Å². The summed E-state index contributed by atoms with van der Waals surface area (Å²) in [5, 5.41) is 9.24. The smallest absolute Gasteiger partial charge is 0.449 e. The van der Waals surface area contributed by atoms with E-state index in [4.69, 9.17) is 14.6 Å². The zero-order chi connectivity index (χ0) is 29.5. The van der Waals surface area contributed by atoms with Crippen LogP contribution in [0, 0.1) is 0 Å². The van der Waals surface area contributed by atoms with Crippen molar-refractivity contribution in [1.29, 1.82) is 0 Å². The second-order valence-electron chi connectivity index (χ2n) is 9.57. The van der Waals surface area contributed by atoms with Crippen LogP contribution < -0.4 is 9.47 Å². The topological polar surface area (TPSA) is 72.8 Å². The van der Waals surface area contributed by atoms with E-state index >= 15 is 0 Å². The number of aliphatic carboxylic acids is 1. The van der Waals surface area contributed by atoms with E-state index in [1.54, 1.807) is 36.0 Å². The molecule has 0 fully saturated rings. The van der Waals surface area contributed by atoms with Crippen molar-refractivity contribution in [3.8, 4) is 11.5 Å². The van der Waals surface area contributed by atoms with Gasteiger partial charge in [-0.2, -0.15) is 24.9 Å². The molecule has 0 saturated heterocycles. The first-order valence-electron chi connectivity index (χ1n) is 13.6. The minimum absolute atomic E-state index is 0.0285. The van der Waals surface area contributed by atoms with Crippen LogP contribution >= 0.6 is 11.8 Å². The summed E-state index contributed by atoms with van der Waals surface area (Å²) in [6.45, 7) is 0.860. The number of alkyl halides is 3. The third-order valence-corrected chi connectivity index (χ3v) is 7.72. The average Bonchev–Trinajstić information content (AvgIpc) is 2.96. The molecule has 3 rings (SSSR count). The zero-order valence-electron chi connectivity index (χ0n) is 22.8. The highest BCUT2D eigenvalue weighted by Crippen LogP contribution is 2.35. The Kier molecular flexibility index (Phi) is 13.1. The number of carbonyl (C=O) groups excluding carboxylic acids is 1. The summed E-state index contributed by atoms with van der Waals surface area (Å²) >= 11 is 1.67. The molecule has 0 heterocycles. The van der Waals surface area contributed by atoms with Crippen molar-refractivity contribution in [2.45, 2.75) is 56.4 Å². The van der Waals surface area contributed by atoms with E-state index in [9.17, 15) is 22.8 Å². The highest BCUT2D eigenvalue weighted by molar-refractivity contribution is 7.99. The van der Waals surface area contributed by atoms with Crippen LogP contribution in [0.1, 0.15) is 54.0 Å². The zero-order valence-corrected chi connectivity index (χ0v) is 23.6. The summed E-state index contributed by atoms with van der Waals surface area (Å²) in [5.41, 5.74) is 3.08. The monoisotopic (exact) mass is 588 g/mol. The third-order valence-electron chi connectivity index (χ3n) is 6.37. The first kappa shape index (κ1) is 32.1. The molecule has 0 saturated carbocycles. The van der Waals surface area contributed by atoms with Gasteiger partial charge < -0.3 is 14.6 Å². The summed E-state index contributed by atoms with van der Waals surface area (Å²) < 4.78 is 48.5. The van der Waals surface area contributed by atoms with Crippen molar-refractivity contribution in [2.24, 2.45) is 0 Å². The summed E-state index contributed by atoms with van der Waals surface area (Å²) in [7, 11) is 0. The maximum Gasteiger partial charge on any atom is 0.449 e. The average molecular weight is 589 g/mol. The van der Waals surface area contributed by atoms with Crippen molar-refractivity contribution < 1.29 is 37.3 Å². The van der Waals surface area contributed by atoms with Crippen molar-refractivity contribution in [2.75, 3.05) is 19.0 Å². The largest absolute Gasteiger partial charge is 0.493 e. The van der Waals surface area contributed by atoms with E-state index in [-0.39, 0.29) is 18.1 Å². The molecule has 3 aromatic carbocycles. The predicted octanol–water partition coefficient (Wildman–Crippen LogP) is 7.87. The molecular weight excluding hydrogens is 553 g/mol. The number of Topliss-reactive ketones (excluding diaryl/α,β-unsaturated/α-hetero) is 1. The molecule has 9 heteroatoms. The molecule has 3 aromatic rings. The van der Waals surface area contributed by atoms with Gasteiger partial charge in [0, 0.05) is 23.8 Å². The number of ketones is 1. The van der Waals surface area contributed by atoms with Crippen molar-refractivity contribution in [1.82, 2.24) is 0 Å². The maximum atomic E-state index is 12.3. The highest BCUT2D eigenvalue weighted by atomic mass is 32.2. The number of thioether (sulfide) groups is 1. The molecule has 1 unspecified atom stereocenters. The number of hydrogen-bond donors (Lipinski definition) is 1. The minimum atomic E-state index is -4.79. The number of halogens is 3. The van der Waals surface area contributed by atoms with Crippen molar-refractivity contribution in [3.63, 3.8) is 0 Å². The fraction of sp³-hybridized carbons (Fsp3) is 0.375. The highest BCUT2D eigenvalue weighted by Gasteiger charge is 2.37. The number of benzene rings is 3. The number of hydrogen-bond acceptors (Lipinski definition) is 5. The van der Waals surface area contributed by atoms with Crippen molar-refractivity contribution in [3.05, 3.63) is 95.6 Å². The molecule has 0 aliphatic heterocycles. The van der Waals surface area contributed by atoms with Crippen LogP contribution in [-0.4, -0.2) is 42.0 Å². The van der Waals surface area contributed by atoms with Crippen LogP contribution in [0.15, 0.2) is 78.9 Å². The fourth-order valence-electron chi connectivity index (χ4n) is 4.14. The second-order valence-corrected chi connectivity index (χ2v) is 10.9. The molecule has 5 nitrogen and oxygen atoms in total. The first-order valence-corrected chi connectivity index (χ1v) is 14.7. The number of ether oxygens (including phenoxy) is 2. The minimum Gasteiger partial charge on any atom is -0.493 e.